The summed E-state index contributed by atoms with van der Waals surface area (Å²) in [4.78, 5) is 14.9. The summed E-state index contributed by atoms with van der Waals surface area (Å²) in [6.07, 6.45) is 5.68. The van der Waals surface area contributed by atoms with Crippen molar-refractivity contribution in [3.63, 3.8) is 0 Å². The molecule has 126 valence electrons. The average molecular weight is 325 g/mol. The van der Waals surface area contributed by atoms with E-state index in [1.807, 2.05) is 6.07 Å². The van der Waals surface area contributed by atoms with Gasteiger partial charge in [-0.05, 0) is 60.8 Å². The number of hydrogen-bond donors (Lipinski definition) is 1. The number of aryl methyl sites for hydroxylation is 1. The number of carbonyl (C=O) groups is 1. The number of nitrogens with one attached hydrogen (secondary N) is 1. The van der Waals surface area contributed by atoms with Crippen molar-refractivity contribution in [2.75, 3.05) is 13.7 Å². The molecule has 2 heterocycles. The van der Waals surface area contributed by atoms with E-state index in [1.165, 1.54) is 29.5 Å². The van der Waals surface area contributed by atoms with Crippen LogP contribution in [0.3, 0.4) is 0 Å². The van der Waals surface area contributed by atoms with Gasteiger partial charge in [-0.2, -0.15) is 0 Å². The second-order valence-electron chi connectivity index (χ2n) is 6.79. The zero-order valence-corrected chi connectivity index (χ0v) is 14.0. The van der Waals surface area contributed by atoms with E-state index in [2.05, 4.69) is 29.2 Å². The van der Waals surface area contributed by atoms with Gasteiger partial charge in [0.25, 0.3) is 0 Å². The molecule has 1 fully saturated rings. The molecule has 4 heteroatoms. The topological polar surface area (TPSA) is 51.3 Å². The van der Waals surface area contributed by atoms with Crippen molar-refractivity contribution < 1.29 is 14.3 Å². The van der Waals surface area contributed by atoms with Crippen LogP contribution in [-0.4, -0.2) is 24.7 Å². The minimum absolute atomic E-state index is 0.266. The smallest absolute Gasteiger partial charge is 0.354 e. The lowest BCUT2D eigenvalue weighted by Crippen LogP contribution is -2.03. The first-order valence-electron chi connectivity index (χ1n) is 8.75. The average Bonchev–Trinajstić information content (AvgIpc) is 3.33. The highest BCUT2D eigenvalue weighted by atomic mass is 16.5. The molecular weight excluding hydrogens is 302 g/mol. The van der Waals surface area contributed by atoms with Crippen molar-refractivity contribution >= 4 is 5.97 Å². The molecule has 0 bridgehead atoms. The van der Waals surface area contributed by atoms with Crippen molar-refractivity contribution in [1.82, 2.24) is 4.98 Å². The van der Waals surface area contributed by atoms with Gasteiger partial charge in [0.15, 0.2) is 0 Å². The van der Waals surface area contributed by atoms with Gasteiger partial charge in [-0.3, -0.25) is 0 Å². The van der Waals surface area contributed by atoms with E-state index in [0.29, 0.717) is 11.6 Å². The summed E-state index contributed by atoms with van der Waals surface area (Å²) in [6.45, 7) is 0.876. The molecule has 1 aliphatic carbocycles. The molecule has 1 N–H and O–H groups in total. The Bertz CT molecular complexity index is 743. The first-order valence-corrected chi connectivity index (χ1v) is 8.75. The molecule has 2 unspecified atom stereocenters. The number of fused-ring (bicyclic) bond motifs is 1. The molecular formula is C20H23NO3. The fourth-order valence-corrected chi connectivity index (χ4v) is 4.04. The van der Waals surface area contributed by atoms with Crippen molar-refractivity contribution in [3.05, 3.63) is 58.4 Å². The van der Waals surface area contributed by atoms with Crippen LogP contribution in [0.25, 0.3) is 0 Å². The van der Waals surface area contributed by atoms with Crippen LogP contribution in [0.2, 0.25) is 0 Å². The lowest BCUT2D eigenvalue weighted by atomic mass is 9.93. The Kier molecular flexibility index (Phi) is 4.15. The van der Waals surface area contributed by atoms with Gasteiger partial charge in [0.05, 0.1) is 13.2 Å². The summed E-state index contributed by atoms with van der Waals surface area (Å²) in [5.41, 5.74) is 5.68. The second kappa shape index (κ2) is 6.44. The number of esters is 1. The van der Waals surface area contributed by atoms with Crippen molar-refractivity contribution in [2.45, 2.75) is 44.1 Å². The number of carbonyl (C=O) groups excluding carboxylic acids is 1. The zero-order chi connectivity index (χ0) is 16.5. The number of hydrogen-bond acceptors (Lipinski definition) is 3. The molecule has 4 nitrogen and oxygen atoms in total. The first-order chi connectivity index (χ1) is 11.7. The molecule has 4 rings (SSSR count). The Hall–Kier alpha value is -2.07. The maximum Gasteiger partial charge on any atom is 0.354 e. The third-order valence-electron chi connectivity index (χ3n) is 5.26. The Balaban J connectivity index is 1.52. The molecule has 0 radical (unpaired) electrons. The van der Waals surface area contributed by atoms with Gasteiger partial charge in [-0.1, -0.05) is 24.3 Å². The molecule has 24 heavy (non-hydrogen) atoms. The van der Waals surface area contributed by atoms with Gasteiger partial charge in [0, 0.05) is 12.3 Å². The van der Waals surface area contributed by atoms with E-state index in [0.717, 1.165) is 38.7 Å². The first kappa shape index (κ1) is 15.5. The number of methoxy groups -OCH3 is 1. The fraction of sp³-hybridized carbons (Fsp3) is 0.450. The highest BCUT2D eigenvalue weighted by Gasteiger charge is 2.27. The number of rotatable bonds is 4. The van der Waals surface area contributed by atoms with Crippen molar-refractivity contribution in [2.24, 2.45) is 0 Å². The number of ether oxygens (including phenoxy) is 2. The third kappa shape index (κ3) is 2.86. The van der Waals surface area contributed by atoms with Crippen LogP contribution in [0.1, 0.15) is 64.2 Å². The standard InChI is InChI=1S/C20H23NO3/c1-23-20(22)18-12-16-14(7-8-17(16)21-18)10-13-4-2-5-15(11-13)19-6-3-9-24-19/h2,4-5,11-12,14,19,21H,3,6-10H2,1H3. The predicted octanol–water partition coefficient (Wildman–Crippen LogP) is 3.93. The Labute approximate surface area is 142 Å². The van der Waals surface area contributed by atoms with Gasteiger partial charge in [0.2, 0.25) is 0 Å². The molecule has 1 saturated heterocycles. The lowest BCUT2D eigenvalue weighted by molar-refractivity contribution is 0.0594. The van der Waals surface area contributed by atoms with E-state index in [1.54, 1.807) is 0 Å². The Morgan fingerprint density at radius 3 is 3.04 bits per heavy atom. The van der Waals surface area contributed by atoms with Crippen molar-refractivity contribution in [3.8, 4) is 0 Å². The van der Waals surface area contributed by atoms with Crippen LogP contribution >= 0.6 is 0 Å². The summed E-state index contributed by atoms with van der Waals surface area (Å²) in [6, 6.07) is 10.8. The second-order valence-corrected chi connectivity index (χ2v) is 6.79. The number of aromatic nitrogens is 1. The zero-order valence-electron chi connectivity index (χ0n) is 14.0. The quantitative estimate of drug-likeness (QED) is 0.867. The summed E-state index contributed by atoms with van der Waals surface area (Å²) in [7, 11) is 1.42. The predicted molar refractivity (Wildman–Crippen MR) is 91.3 cm³/mol. The summed E-state index contributed by atoms with van der Waals surface area (Å²) in [5, 5.41) is 0. The van der Waals surface area contributed by atoms with Gasteiger partial charge in [-0.25, -0.2) is 4.79 Å². The Morgan fingerprint density at radius 2 is 2.25 bits per heavy atom. The summed E-state index contributed by atoms with van der Waals surface area (Å²) >= 11 is 0. The molecule has 0 amide bonds. The molecule has 2 aliphatic rings. The normalized spacial score (nSPS) is 22.5. The fourth-order valence-electron chi connectivity index (χ4n) is 4.04. The SMILES string of the molecule is COC(=O)c1cc2c([nH]1)CCC2Cc1cccc(C2CCCO2)c1. The molecule has 2 atom stereocenters. The van der Waals surface area contributed by atoms with Crippen LogP contribution in [0.4, 0.5) is 0 Å². The number of aromatic amines is 1. The van der Waals surface area contributed by atoms with E-state index in [9.17, 15) is 4.79 Å². The van der Waals surface area contributed by atoms with Crippen LogP contribution < -0.4 is 0 Å². The number of H-pyrrole nitrogens is 1. The van der Waals surface area contributed by atoms with Crippen LogP contribution in [0.5, 0.6) is 0 Å². The minimum atomic E-state index is -0.288. The highest BCUT2D eigenvalue weighted by Crippen LogP contribution is 2.37. The van der Waals surface area contributed by atoms with E-state index < -0.39 is 0 Å². The van der Waals surface area contributed by atoms with E-state index in [-0.39, 0.29) is 12.1 Å². The lowest BCUT2D eigenvalue weighted by Gasteiger charge is -2.14. The highest BCUT2D eigenvalue weighted by molar-refractivity contribution is 5.88. The van der Waals surface area contributed by atoms with Crippen LogP contribution in [-0.2, 0) is 22.3 Å². The summed E-state index contributed by atoms with van der Waals surface area (Å²) in [5.74, 6) is 0.179. The molecule has 1 aromatic heterocycles. The van der Waals surface area contributed by atoms with E-state index in [4.69, 9.17) is 9.47 Å². The molecule has 1 aliphatic heterocycles. The molecule has 0 saturated carbocycles. The number of benzene rings is 1. The monoisotopic (exact) mass is 325 g/mol. The van der Waals surface area contributed by atoms with E-state index >= 15 is 0 Å². The summed E-state index contributed by atoms with van der Waals surface area (Å²) < 4.78 is 10.6. The minimum Gasteiger partial charge on any atom is -0.464 e. The van der Waals surface area contributed by atoms with Crippen LogP contribution in [0, 0.1) is 0 Å². The molecule has 0 spiro atoms. The van der Waals surface area contributed by atoms with Gasteiger partial charge >= 0.3 is 5.97 Å². The Morgan fingerprint density at radius 1 is 1.33 bits per heavy atom. The van der Waals surface area contributed by atoms with Crippen molar-refractivity contribution in [1.29, 1.82) is 0 Å². The third-order valence-corrected chi connectivity index (χ3v) is 5.26. The van der Waals surface area contributed by atoms with Gasteiger partial charge in [0.1, 0.15) is 5.69 Å². The van der Waals surface area contributed by atoms with Gasteiger partial charge < -0.3 is 14.5 Å². The maximum atomic E-state index is 11.7. The largest absolute Gasteiger partial charge is 0.464 e. The van der Waals surface area contributed by atoms with Gasteiger partial charge in [-0.15, -0.1) is 0 Å². The molecule has 1 aromatic carbocycles. The van der Waals surface area contributed by atoms with Crippen LogP contribution in [0.15, 0.2) is 30.3 Å². The molecule has 2 aromatic rings. The maximum absolute atomic E-state index is 11.7.